The van der Waals surface area contributed by atoms with Gasteiger partial charge >= 0.3 is 0 Å². The number of aromatic nitrogens is 3. The van der Waals surface area contributed by atoms with Crippen LogP contribution in [0.2, 0.25) is 0 Å². The van der Waals surface area contributed by atoms with Crippen molar-refractivity contribution in [3.63, 3.8) is 0 Å². The minimum atomic E-state index is -0.631. The third-order valence-corrected chi connectivity index (χ3v) is 13.1. The monoisotopic (exact) mass is 789 g/mol. The Kier molecular flexibility index (Phi) is 8.29. The van der Waals surface area contributed by atoms with Gasteiger partial charge in [0.25, 0.3) is 0 Å². The molecule has 1 aromatic heterocycles. The molecule has 12 rings (SSSR count). The molecule has 0 N–H and O–H groups in total. The molecule has 2 aliphatic carbocycles. The number of benzene rings is 9. The quantitative estimate of drug-likeness (QED) is 0.168. The van der Waals surface area contributed by atoms with Crippen molar-refractivity contribution in [2.24, 2.45) is 0 Å². The maximum absolute atomic E-state index is 5.28. The van der Waals surface area contributed by atoms with Gasteiger partial charge in [0.05, 0.1) is 10.8 Å². The Morgan fingerprint density at radius 1 is 0.226 bits per heavy atom. The number of nitrogens with zero attached hydrogens (tertiary/aromatic N) is 3. The first-order chi connectivity index (χ1) is 30.7. The molecule has 3 heteroatoms. The van der Waals surface area contributed by atoms with Gasteiger partial charge < -0.3 is 0 Å². The van der Waals surface area contributed by atoms with Crippen LogP contribution < -0.4 is 0 Å². The van der Waals surface area contributed by atoms with Gasteiger partial charge in [0.1, 0.15) is 0 Å². The molecule has 1 spiro atoms. The third-order valence-electron chi connectivity index (χ3n) is 13.1. The zero-order chi connectivity index (χ0) is 41.1. The second-order valence-corrected chi connectivity index (χ2v) is 16.2. The summed E-state index contributed by atoms with van der Waals surface area (Å²) in [5.74, 6) is 1.91. The van der Waals surface area contributed by atoms with E-state index in [1.165, 1.54) is 61.2 Å². The highest BCUT2D eigenvalue weighted by atomic mass is 15.0. The predicted molar refractivity (Wildman–Crippen MR) is 251 cm³/mol. The van der Waals surface area contributed by atoms with Gasteiger partial charge in [-0.05, 0) is 72.8 Å². The van der Waals surface area contributed by atoms with Gasteiger partial charge in [-0.2, -0.15) is 0 Å². The molecule has 9 aromatic carbocycles. The van der Waals surface area contributed by atoms with Crippen LogP contribution in [0.15, 0.2) is 237 Å². The standard InChI is InChI=1S/C59H39N3/c1-5-19-40(20-6-1)41-33-35-43(36-34-41)56-60-55(42-21-7-2-8-22-42)61-57(62-56)44-37-38-48-47-27-13-14-28-49(47)59(54(48)39-44)52-31-17-15-29-50(52)58(45-23-9-3-10-24-45,46-25-11-4-12-26-46)51-30-16-18-32-53(51)59/h1-39H. The van der Waals surface area contributed by atoms with Crippen LogP contribution in [0.5, 0.6) is 0 Å². The summed E-state index contributed by atoms with van der Waals surface area (Å²) in [6, 6.07) is 85.5. The van der Waals surface area contributed by atoms with Crippen molar-refractivity contribution in [3.8, 4) is 56.4 Å². The predicted octanol–water partition coefficient (Wildman–Crippen LogP) is 13.6. The molecule has 2 aliphatic rings. The van der Waals surface area contributed by atoms with E-state index in [0.29, 0.717) is 17.5 Å². The molecule has 0 radical (unpaired) electrons. The molecule has 0 unspecified atom stereocenters. The Morgan fingerprint density at radius 3 is 1.10 bits per heavy atom. The van der Waals surface area contributed by atoms with Gasteiger partial charge in [0.15, 0.2) is 17.5 Å². The Morgan fingerprint density at radius 2 is 0.565 bits per heavy atom. The summed E-state index contributed by atoms with van der Waals surface area (Å²) < 4.78 is 0. The first kappa shape index (κ1) is 35.9. The highest BCUT2D eigenvalue weighted by Crippen LogP contribution is 2.64. The summed E-state index contributed by atoms with van der Waals surface area (Å²) in [5, 5.41) is 0. The van der Waals surface area contributed by atoms with Gasteiger partial charge in [0, 0.05) is 16.7 Å². The van der Waals surface area contributed by atoms with Gasteiger partial charge in [-0.1, -0.05) is 231 Å². The second kappa shape index (κ2) is 14.3. The van der Waals surface area contributed by atoms with E-state index in [2.05, 4.69) is 212 Å². The Bertz CT molecular complexity index is 3180. The Balaban J connectivity index is 1.11. The van der Waals surface area contributed by atoms with E-state index < -0.39 is 10.8 Å². The molecule has 3 nitrogen and oxygen atoms in total. The van der Waals surface area contributed by atoms with Crippen molar-refractivity contribution in [1.29, 1.82) is 0 Å². The van der Waals surface area contributed by atoms with Crippen LogP contribution in [0, 0.1) is 0 Å². The fourth-order valence-electron chi connectivity index (χ4n) is 10.5. The van der Waals surface area contributed by atoms with Crippen LogP contribution in [0.25, 0.3) is 56.4 Å². The molecule has 0 bridgehead atoms. The SMILES string of the molecule is c1ccc(-c2ccc(-c3nc(-c4ccccc4)nc(-c4ccc5c(c4)C4(c6ccccc6-5)c5ccccc5C(c5ccccc5)(c5ccccc5)c5ccccc54)n3)cc2)cc1. The molecular weight excluding hydrogens is 751 g/mol. The van der Waals surface area contributed by atoms with Crippen molar-refractivity contribution in [1.82, 2.24) is 15.0 Å². The average Bonchev–Trinajstić information content (AvgIpc) is 3.65. The van der Waals surface area contributed by atoms with Crippen molar-refractivity contribution in [2.45, 2.75) is 10.8 Å². The Hall–Kier alpha value is -8.01. The van der Waals surface area contributed by atoms with Gasteiger partial charge in [0.2, 0.25) is 0 Å². The van der Waals surface area contributed by atoms with E-state index in [1.807, 2.05) is 24.3 Å². The van der Waals surface area contributed by atoms with Gasteiger partial charge in [-0.15, -0.1) is 0 Å². The lowest BCUT2D eigenvalue weighted by Crippen LogP contribution is -2.44. The van der Waals surface area contributed by atoms with Crippen molar-refractivity contribution in [2.75, 3.05) is 0 Å². The topological polar surface area (TPSA) is 38.7 Å². The third kappa shape index (κ3) is 5.28. The van der Waals surface area contributed by atoms with E-state index in [4.69, 9.17) is 15.0 Å². The van der Waals surface area contributed by atoms with Crippen molar-refractivity contribution in [3.05, 3.63) is 281 Å². The molecule has 1 heterocycles. The maximum atomic E-state index is 5.28. The normalized spacial score (nSPS) is 13.7. The van der Waals surface area contributed by atoms with Gasteiger partial charge in [-0.3, -0.25) is 0 Å². The summed E-state index contributed by atoms with van der Waals surface area (Å²) in [5.41, 5.74) is 16.5. The van der Waals surface area contributed by atoms with Gasteiger partial charge in [-0.25, -0.2) is 15.0 Å². The highest BCUT2D eigenvalue weighted by molar-refractivity contribution is 5.91. The lowest BCUT2D eigenvalue weighted by molar-refractivity contribution is 0.623. The number of hydrogen-bond acceptors (Lipinski definition) is 3. The van der Waals surface area contributed by atoms with Crippen LogP contribution in [-0.4, -0.2) is 15.0 Å². The first-order valence-electron chi connectivity index (χ1n) is 21.3. The number of hydrogen-bond donors (Lipinski definition) is 0. The highest BCUT2D eigenvalue weighted by Gasteiger charge is 2.56. The summed E-state index contributed by atoms with van der Waals surface area (Å²) in [4.78, 5) is 15.6. The van der Waals surface area contributed by atoms with E-state index in [9.17, 15) is 0 Å². The molecule has 0 aliphatic heterocycles. The van der Waals surface area contributed by atoms with E-state index in [1.54, 1.807) is 0 Å². The van der Waals surface area contributed by atoms with Crippen LogP contribution in [0.4, 0.5) is 0 Å². The zero-order valence-corrected chi connectivity index (χ0v) is 33.9. The number of fused-ring (bicyclic) bond motifs is 9. The number of rotatable bonds is 6. The molecule has 0 fully saturated rings. The van der Waals surface area contributed by atoms with Crippen LogP contribution >= 0.6 is 0 Å². The van der Waals surface area contributed by atoms with E-state index in [-0.39, 0.29) is 0 Å². The summed E-state index contributed by atoms with van der Waals surface area (Å²) in [6.07, 6.45) is 0. The summed E-state index contributed by atoms with van der Waals surface area (Å²) in [6.45, 7) is 0. The zero-order valence-electron chi connectivity index (χ0n) is 33.9. The fourth-order valence-corrected chi connectivity index (χ4v) is 10.5. The molecule has 0 saturated heterocycles. The molecular formula is C59H39N3. The van der Waals surface area contributed by atoms with Crippen molar-refractivity contribution < 1.29 is 0 Å². The second-order valence-electron chi connectivity index (χ2n) is 16.2. The first-order valence-corrected chi connectivity index (χ1v) is 21.3. The van der Waals surface area contributed by atoms with Crippen LogP contribution in [0.3, 0.4) is 0 Å². The molecule has 10 aromatic rings. The van der Waals surface area contributed by atoms with Crippen molar-refractivity contribution >= 4 is 0 Å². The minimum absolute atomic E-state index is 0.569. The Labute approximate surface area is 361 Å². The van der Waals surface area contributed by atoms with E-state index >= 15 is 0 Å². The average molecular weight is 790 g/mol. The fraction of sp³-hybridized carbons (Fsp3) is 0.0339. The lowest BCUT2D eigenvalue weighted by atomic mass is 9.51. The molecule has 0 atom stereocenters. The largest absolute Gasteiger partial charge is 0.208 e. The molecule has 0 amide bonds. The maximum Gasteiger partial charge on any atom is 0.164 e. The smallest absolute Gasteiger partial charge is 0.164 e. The lowest BCUT2D eigenvalue weighted by Gasteiger charge is -2.50. The molecule has 290 valence electrons. The van der Waals surface area contributed by atoms with Crippen LogP contribution in [-0.2, 0) is 10.8 Å². The van der Waals surface area contributed by atoms with E-state index in [0.717, 1.165) is 22.3 Å². The molecule has 62 heavy (non-hydrogen) atoms. The minimum Gasteiger partial charge on any atom is -0.208 e. The summed E-state index contributed by atoms with van der Waals surface area (Å²) >= 11 is 0. The molecule has 0 saturated carbocycles. The van der Waals surface area contributed by atoms with Crippen LogP contribution in [0.1, 0.15) is 44.5 Å². The summed E-state index contributed by atoms with van der Waals surface area (Å²) in [7, 11) is 0.